The van der Waals surface area contributed by atoms with Gasteiger partial charge in [0.05, 0.1) is 55.7 Å². The predicted octanol–water partition coefficient (Wildman–Crippen LogP) is 4.71. The number of methoxy groups -OCH3 is 2. The van der Waals surface area contributed by atoms with Crippen molar-refractivity contribution in [2.45, 2.75) is 0 Å². The van der Waals surface area contributed by atoms with Crippen LogP contribution in [-0.2, 0) is 4.74 Å². The third kappa shape index (κ3) is 5.27. The van der Waals surface area contributed by atoms with Crippen molar-refractivity contribution in [2.75, 3.05) is 61.8 Å². The molecule has 11 heteroatoms. The summed E-state index contributed by atoms with van der Waals surface area (Å²) in [5.74, 6) is 1.87. The molecule has 4 N–H and O–H groups in total. The predicted molar refractivity (Wildman–Crippen MR) is 132 cm³/mol. The molecule has 3 aromatic rings. The van der Waals surface area contributed by atoms with Crippen LogP contribution >= 0.6 is 23.2 Å². The number of rotatable bonds is 7. The second-order valence-electron chi connectivity index (χ2n) is 7.20. The van der Waals surface area contributed by atoms with E-state index in [1.807, 2.05) is 18.2 Å². The van der Waals surface area contributed by atoms with Crippen LogP contribution < -0.4 is 30.7 Å². The molecule has 174 valence electrons. The maximum absolute atomic E-state index is 6.36. The molecule has 33 heavy (non-hydrogen) atoms. The first-order valence-corrected chi connectivity index (χ1v) is 10.9. The number of anilines is 6. The number of ether oxygens (including phenoxy) is 3. The van der Waals surface area contributed by atoms with E-state index in [0.29, 0.717) is 57.9 Å². The summed E-state index contributed by atoms with van der Waals surface area (Å²) in [6, 6.07) is 9.20. The van der Waals surface area contributed by atoms with Crippen LogP contribution in [0.4, 0.5) is 34.5 Å². The molecule has 1 aliphatic heterocycles. The van der Waals surface area contributed by atoms with Crippen LogP contribution in [0.25, 0.3) is 0 Å². The highest BCUT2D eigenvalue weighted by Crippen LogP contribution is 2.36. The monoisotopic (exact) mass is 490 g/mol. The van der Waals surface area contributed by atoms with Crippen LogP contribution in [0.3, 0.4) is 0 Å². The van der Waals surface area contributed by atoms with E-state index in [2.05, 4.69) is 25.5 Å². The number of nitrogens with two attached hydrogens (primary N) is 1. The molecule has 2 heterocycles. The fourth-order valence-electron chi connectivity index (χ4n) is 3.40. The van der Waals surface area contributed by atoms with Crippen molar-refractivity contribution in [3.63, 3.8) is 0 Å². The lowest BCUT2D eigenvalue weighted by Gasteiger charge is -2.29. The number of hydrogen-bond acceptors (Lipinski definition) is 9. The highest BCUT2D eigenvalue weighted by atomic mass is 35.5. The Hall–Kier alpha value is -3.14. The SMILES string of the molecule is COc1cc(Cl)c(N)cc1Nc1ncc(Cl)c(Nc2ccc(N3CCOCC3)cc2OC)n1. The lowest BCUT2D eigenvalue weighted by molar-refractivity contribution is 0.122. The maximum atomic E-state index is 6.36. The summed E-state index contributed by atoms with van der Waals surface area (Å²) in [7, 11) is 3.16. The van der Waals surface area contributed by atoms with Crippen LogP contribution in [0.2, 0.25) is 10.0 Å². The van der Waals surface area contributed by atoms with Gasteiger partial charge in [-0.15, -0.1) is 0 Å². The standard InChI is InChI=1S/C22H24Cl2N6O3/c1-31-19-9-13(30-5-7-33-8-6-30)3-4-17(19)27-21-15(24)12-26-22(29-21)28-18-11-16(25)14(23)10-20(18)32-2/h3-4,9-12H,5-8,25H2,1-2H3,(H2,26,27,28,29). The smallest absolute Gasteiger partial charge is 0.229 e. The molecular weight excluding hydrogens is 467 g/mol. The van der Waals surface area contributed by atoms with Crippen molar-refractivity contribution >= 4 is 57.7 Å². The fourth-order valence-corrected chi connectivity index (χ4v) is 3.69. The molecule has 0 spiro atoms. The quantitative estimate of drug-likeness (QED) is 0.405. The molecule has 4 rings (SSSR count). The summed E-state index contributed by atoms with van der Waals surface area (Å²) in [5.41, 5.74) is 8.67. The Morgan fingerprint density at radius 2 is 1.70 bits per heavy atom. The zero-order valence-corrected chi connectivity index (χ0v) is 19.7. The molecule has 0 aliphatic carbocycles. The number of nitrogens with one attached hydrogen (secondary N) is 2. The number of hydrogen-bond donors (Lipinski definition) is 3. The van der Waals surface area contributed by atoms with E-state index in [4.69, 9.17) is 43.1 Å². The number of nitrogen functional groups attached to an aromatic ring is 1. The summed E-state index contributed by atoms with van der Waals surface area (Å²) >= 11 is 12.4. The van der Waals surface area contributed by atoms with Gasteiger partial charge in [-0.2, -0.15) is 4.98 Å². The Morgan fingerprint density at radius 1 is 0.970 bits per heavy atom. The largest absolute Gasteiger partial charge is 0.495 e. The number of halogens is 2. The van der Waals surface area contributed by atoms with Gasteiger partial charge >= 0.3 is 0 Å². The van der Waals surface area contributed by atoms with Crippen LogP contribution in [0.1, 0.15) is 0 Å². The zero-order chi connectivity index (χ0) is 23.4. The van der Waals surface area contributed by atoms with Gasteiger partial charge in [0.1, 0.15) is 16.5 Å². The second-order valence-corrected chi connectivity index (χ2v) is 8.01. The normalized spacial score (nSPS) is 13.5. The Kier molecular flexibility index (Phi) is 7.12. The van der Waals surface area contributed by atoms with Crippen LogP contribution in [0.15, 0.2) is 36.5 Å². The van der Waals surface area contributed by atoms with E-state index in [0.717, 1.165) is 24.5 Å². The third-order valence-corrected chi connectivity index (χ3v) is 5.73. The summed E-state index contributed by atoms with van der Waals surface area (Å²) in [4.78, 5) is 11.0. The molecule has 9 nitrogen and oxygen atoms in total. The lowest BCUT2D eigenvalue weighted by Crippen LogP contribution is -2.36. The first kappa shape index (κ1) is 23.0. The fraction of sp³-hybridized carbons (Fsp3) is 0.273. The third-order valence-electron chi connectivity index (χ3n) is 5.12. The first-order chi connectivity index (χ1) is 16.0. The molecule has 1 aromatic heterocycles. The molecule has 2 aromatic carbocycles. The minimum absolute atomic E-state index is 0.297. The van der Waals surface area contributed by atoms with Crippen molar-refractivity contribution in [3.8, 4) is 11.5 Å². The van der Waals surface area contributed by atoms with Gasteiger partial charge in [-0.3, -0.25) is 0 Å². The Labute approximate surface area is 201 Å². The summed E-state index contributed by atoms with van der Waals surface area (Å²) in [6.07, 6.45) is 1.50. The van der Waals surface area contributed by atoms with Gasteiger partial charge in [0.15, 0.2) is 5.82 Å². The molecule has 0 saturated carbocycles. The van der Waals surface area contributed by atoms with E-state index in [1.165, 1.54) is 13.3 Å². The van der Waals surface area contributed by atoms with Crippen molar-refractivity contribution in [2.24, 2.45) is 0 Å². The Bertz CT molecular complexity index is 1140. The van der Waals surface area contributed by atoms with Crippen molar-refractivity contribution in [1.82, 2.24) is 9.97 Å². The van der Waals surface area contributed by atoms with E-state index in [-0.39, 0.29) is 0 Å². The Morgan fingerprint density at radius 3 is 2.42 bits per heavy atom. The van der Waals surface area contributed by atoms with Gasteiger partial charge in [0, 0.05) is 30.9 Å². The molecule has 0 amide bonds. The highest BCUT2D eigenvalue weighted by Gasteiger charge is 2.16. The van der Waals surface area contributed by atoms with E-state index in [1.54, 1.807) is 19.2 Å². The molecule has 1 fully saturated rings. The molecule has 1 aliphatic rings. The number of benzene rings is 2. The number of nitrogens with zero attached hydrogens (tertiary/aromatic N) is 3. The summed E-state index contributed by atoms with van der Waals surface area (Å²) < 4.78 is 16.4. The maximum Gasteiger partial charge on any atom is 0.229 e. The van der Waals surface area contributed by atoms with Gasteiger partial charge in [0.25, 0.3) is 0 Å². The van der Waals surface area contributed by atoms with Crippen molar-refractivity contribution in [1.29, 1.82) is 0 Å². The van der Waals surface area contributed by atoms with Crippen LogP contribution in [0, 0.1) is 0 Å². The molecule has 0 radical (unpaired) electrons. The van der Waals surface area contributed by atoms with E-state index in [9.17, 15) is 0 Å². The van der Waals surface area contributed by atoms with Gasteiger partial charge in [0.2, 0.25) is 5.95 Å². The van der Waals surface area contributed by atoms with E-state index >= 15 is 0 Å². The zero-order valence-electron chi connectivity index (χ0n) is 18.2. The molecule has 0 atom stereocenters. The van der Waals surface area contributed by atoms with Gasteiger partial charge in [-0.1, -0.05) is 23.2 Å². The van der Waals surface area contributed by atoms with Gasteiger partial charge < -0.3 is 35.5 Å². The first-order valence-electron chi connectivity index (χ1n) is 10.2. The highest BCUT2D eigenvalue weighted by molar-refractivity contribution is 6.33. The molecule has 0 bridgehead atoms. The lowest BCUT2D eigenvalue weighted by atomic mass is 10.2. The van der Waals surface area contributed by atoms with Gasteiger partial charge in [-0.25, -0.2) is 4.98 Å². The minimum Gasteiger partial charge on any atom is -0.495 e. The van der Waals surface area contributed by atoms with Crippen LogP contribution in [-0.4, -0.2) is 50.5 Å². The van der Waals surface area contributed by atoms with Gasteiger partial charge in [-0.05, 0) is 18.2 Å². The average molecular weight is 491 g/mol. The number of aromatic nitrogens is 2. The second kappa shape index (κ2) is 10.2. The van der Waals surface area contributed by atoms with Crippen molar-refractivity contribution in [3.05, 3.63) is 46.6 Å². The topological polar surface area (TPSA) is 107 Å². The Balaban J connectivity index is 1.58. The van der Waals surface area contributed by atoms with Crippen LogP contribution in [0.5, 0.6) is 11.5 Å². The average Bonchev–Trinajstić information content (AvgIpc) is 2.84. The molecular formula is C22H24Cl2N6O3. The molecule has 1 saturated heterocycles. The number of morpholine rings is 1. The molecule has 0 unspecified atom stereocenters. The van der Waals surface area contributed by atoms with Crippen molar-refractivity contribution < 1.29 is 14.2 Å². The minimum atomic E-state index is 0.297. The van der Waals surface area contributed by atoms with E-state index < -0.39 is 0 Å². The summed E-state index contributed by atoms with van der Waals surface area (Å²) in [5, 5.41) is 7.06. The summed E-state index contributed by atoms with van der Waals surface area (Å²) in [6.45, 7) is 3.08.